The largest absolute Gasteiger partial charge is 0.394 e. The molecule has 7 atom stereocenters. The molecule has 148 valence electrons. The summed E-state index contributed by atoms with van der Waals surface area (Å²) in [5.74, 6) is 0. The lowest BCUT2D eigenvalue weighted by molar-refractivity contribution is -0.303. The van der Waals surface area contributed by atoms with Gasteiger partial charge in [-0.05, 0) is 32.3 Å². The highest BCUT2D eigenvalue weighted by atomic mass is 16.7. The minimum Gasteiger partial charge on any atom is -0.394 e. The summed E-state index contributed by atoms with van der Waals surface area (Å²) in [5, 5.41) is 67.7. The summed E-state index contributed by atoms with van der Waals surface area (Å²) in [5.41, 5.74) is -0.911. The maximum Gasteiger partial charge on any atom is 0.186 e. The lowest BCUT2D eigenvalue weighted by Crippen LogP contribution is -2.59. The van der Waals surface area contributed by atoms with Gasteiger partial charge in [-0.15, -0.1) is 0 Å². The minimum absolute atomic E-state index is 0.194. The molecule has 0 saturated carbocycles. The van der Waals surface area contributed by atoms with E-state index in [1.807, 2.05) is 0 Å². The standard InChI is InChI=1S/C16H30O9/c1-8(4-5-11(19)16(2,3)23)9(18)7-24-15-14(22)13(21)12(20)10(6-17)25-15/h9-15,17-23H,1,4-7H2,2-3H3/t9-,10+,11+,12+,13-,14+,15+/m0/s1. The Bertz CT molecular complexity index is 420. The van der Waals surface area contributed by atoms with Crippen molar-refractivity contribution in [3.8, 4) is 0 Å². The van der Waals surface area contributed by atoms with E-state index in [0.29, 0.717) is 5.57 Å². The van der Waals surface area contributed by atoms with E-state index in [-0.39, 0.29) is 19.4 Å². The Hall–Kier alpha value is -0.620. The Morgan fingerprint density at radius 3 is 2.28 bits per heavy atom. The van der Waals surface area contributed by atoms with Crippen molar-refractivity contribution >= 4 is 0 Å². The van der Waals surface area contributed by atoms with Crippen molar-refractivity contribution < 1.29 is 45.2 Å². The average molecular weight is 366 g/mol. The van der Waals surface area contributed by atoms with Crippen molar-refractivity contribution in [2.75, 3.05) is 13.2 Å². The van der Waals surface area contributed by atoms with Crippen molar-refractivity contribution in [1.29, 1.82) is 0 Å². The Kier molecular flexibility index (Phi) is 8.39. The van der Waals surface area contributed by atoms with E-state index in [9.17, 15) is 30.6 Å². The van der Waals surface area contributed by atoms with Crippen LogP contribution in [-0.2, 0) is 9.47 Å². The SMILES string of the molecule is C=C(CC[C@@H](O)C(C)(C)O)[C@@H](O)CO[C@@H]1O[C@H](CO)[C@@H](O)[C@H](O)[C@H]1O. The maximum absolute atomic E-state index is 10.0. The van der Waals surface area contributed by atoms with Crippen LogP contribution < -0.4 is 0 Å². The topological polar surface area (TPSA) is 160 Å². The fourth-order valence-corrected chi connectivity index (χ4v) is 2.35. The van der Waals surface area contributed by atoms with Crippen LogP contribution in [0.5, 0.6) is 0 Å². The van der Waals surface area contributed by atoms with Gasteiger partial charge in [0, 0.05) is 0 Å². The number of hydrogen-bond donors (Lipinski definition) is 7. The summed E-state index contributed by atoms with van der Waals surface area (Å²) in [4.78, 5) is 0. The molecule has 1 heterocycles. The Balaban J connectivity index is 2.46. The van der Waals surface area contributed by atoms with E-state index in [4.69, 9.17) is 14.6 Å². The van der Waals surface area contributed by atoms with E-state index < -0.39 is 55.1 Å². The smallest absolute Gasteiger partial charge is 0.186 e. The zero-order chi connectivity index (χ0) is 19.4. The van der Waals surface area contributed by atoms with Crippen molar-refractivity contribution in [3.63, 3.8) is 0 Å². The second-order valence-corrected chi connectivity index (χ2v) is 6.91. The van der Waals surface area contributed by atoms with Gasteiger partial charge >= 0.3 is 0 Å². The van der Waals surface area contributed by atoms with Crippen molar-refractivity contribution in [2.45, 2.75) is 75.2 Å². The van der Waals surface area contributed by atoms with E-state index in [1.165, 1.54) is 13.8 Å². The van der Waals surface area contributed by atoms with Gasteiger partial charge in [-0.3, -0.25) is 0 Å². The zero-order valence-corrected chi connectivity index (χ0v) is 14.5. The molecule has 1 aliphatic heterocycles. The monoisotopic (exact) mass is 366 g/mol. The number of rotatable bonds is 9. The lowest BCUT2D eigenvalue weighted by atomic mass is 9.94. The molecule has 0 amide bonds. The van der Waals surface area contributed by atoms with Crippen molar-refractivity contribution in [3.05, 3.63) is 12.2 Å². The van der Waals surface area contributed by atoms with Crippen LogP contribution >= 0.6 is 0 Å². The molecule has 1 rings (SSSR count). The van der Waals surface area contributed by atoms with Gasteiger partial charge in [0.2, 0.25) is 0 Å². The quantitative estimate of drug-likeness (QED) is 0.221. The predicted octanol–water partition coefficient (Wildman–Crippen LogP) is -2.37. The third kappa shape index (κ3) is 6.24. The van der Waals surface area contributed by atoms with Crippen LogP contribution in [0.1, 0.15) is 26.7 Å². The molecule has 1 aliphatic rings. The van der Waals surface area contributed by atoms with Gasteiger partial charge in [-0.25, -0.2) is 0 Å². The summed E-state index contributed by atoms with van der Waals surface area (Å²) in [6.07, 6.45) is -8.68. The van der Waals surface area contributed by atoms with Gasteiger partial charge in [0.15, 0.2) is 6.29 Å². The average Bonchev–Trinajstić information content (AvgIpc) is 2.55. The molecule has 0 radical (unpaired) electrons. The molecule has 0 aromatic carbocycles. The number of aliphatic hydroxyl groups is 7. The highest BCUT2D eigenvalue weighted by Crippen LogP contribution is 2.23. The Labute approximate surface area is 146 Å². The van der Waals surface area contributed by atoms with E-state index in [2.05, 4.69) is 6.58 Å². The van der Waals surface area contributed by atoms with Crippen LogP contribution in [0.15, 0.2) is 12.2 Å². The summed E-state index contributed by atoms with van der Waals surface area (Å²) in [6.45, 7) is 5.76. The third-order valence-corrected chi connectivity index (χ3v) is 4.29. The molecule has 0 aromatic rings. The van der Waals surface area contributed by atoms with Gasteiger partial charge in [-0.2, -0.15) is 0 Å². The Morgan fingerprint density at radius 1 is 1.16 bits per heavy atom. The lowest BCUT2D eigenvalue weighted by Gasteiger charge is -2.39. The summed E-state index contributed by atoms with van der Waals surface area (Å²) in [6, 6.07) is 0. The maximum atomic E-state index is 10.0. The minimum atomic E-state index is -1.56. The molecule has 1 saturated heterocycles. The van der Waals surface area contributed by atoms with E-state index in [1.54, 1.807) is 0 Å². The highest BCUT2D eigenvalue weighted by molar-refractivity contribution is 5.02. The number of ether oxygens (including phenoxy) is 2. The van der Waals surface area contributed by atoms with Crippen LogP contribution in [0.2, 0.25) is 0 Å². The molecular weight excluding hydrogens is 336 g/mol. The van der Waals surface area contributed by atoms with Crippen LogP contribution in [-0.4, -0.2) is 97.5 Å². The molecule has 0 unspecified atom stereocenters. The first-order chi connectivity index (χ1) is 11.5. The molecule has 1 fully saturated rings. The van der Waals surface area contributed by atoms with Gasteiger partial charge in [0.1, 0.15) is 24.4 Å². The summed E-state index contributed by atoms with van der Waals surface area (Å²) >= 11 is 0. The first kappa shape index (κ1) is 22.4. The van der Waals surface area contributed by atoms with Gasteiger partial charge in [0.05, 0.1) is 31.0 Å². The molecule has 7 N–H and O–H groups in total. The van der Waals surface area contributed by atoms with Crippen molar-refractivity contribution in [2.24, 2.45) is 0 Å². The highest BCUT2D eigenvalue weighted by Gasteiger charge is 2.44. The second kappa shape index (κ2) is 9.36. The molecule has 9 heteroatoms. The van der Waals surface area contributed by atoms with Gasteiger partial charge < -0.3 is 45.2 Å². The molecule has 0 spiro atoms. The van der Waals surface area contributed by atoms with Crippen LogP contribution in [0.4, 0.5) is 0 Å². The fourth-order valence-electron chi connectivity index (χ4n) is 2.35. The Morgan fingerprint density at radius 2 is 1.76 bits per heavy atom. The van der Waals surface area contributed by atoms with Crippen LogP contribution in [0.25, 0.3) is 0 Å². The normalized spacial score (nSPS) is 33.1. The van der Waals surface area contributed by atoms with Crippen LogP contribution in [0.3, 0.4) is 0 Å². The van der Waals surface area contributed by atoms with Gasteiger partial charge in [-0.1, -0.05) is 6.58 Å². The zero-order valence-electron chi connectivity index (χ0n) is 14.5. The molecule has 0 aliphatic carbocycles. The molecular formula is C16H30O9. The predicted molar refractivity (Wildman–Crippen MR) is 86.4 cm³/mol. The second-order valence-electron chi connectivity index (χ2n) is 6.91. The van der Waals surface area contributed by atoms with Crippen molar-refractivity contribution in [1.82, 2.24) is 0 Å². The van der Waals surface area contributed by atoms with Crippen LogP contribution in [0, 0.1) is 0 Å². The van der Waals surface area contributed by atoms with E-state index in [0.717, 1.165) is 0 Å². The molecule has 9 nitrogen and oxygen atoms in total. The molecule has 25 heavy (non-hydrogen) atoms. The first-order valence-electron chi connectivity index (χ1n) is 8.17. The molecule has 0 aromatic heterocycles. The van der Waals surface area contributed by atoms with E-state index >= 15 is 0 Å². The van der Waals surface area contributed by atoms with Gasteiger partial charge in [0.25, 0.3) is 0 Å². The summed E-state index contributed by atoms with van der Waals surface area (Å²) < 4.78 is 10.4. The molecule has 0 bridgehead atoms. The fraction of sp³-hybridized carbons (Fsp3) is 0.875. The number of aliphatic hydroxyl groups excluding tert-OH is 6. The third-order valence-electron chi connectivity index (χ3n) is 4.29. The number of hydrogen-bond acceptors (Lipinski definition) is 9. The first-order valence-corrected chi connectivity index (χ1v) is 8.17. The summed E-state index contributed by atoms with van der Waals surface area (Å²) in [7, 11) is 0.